The van der Waals surface area contributed by atoms with Gasteiger partial charge in [0, 0.05) is 5.39 Å². The van der Waals surface area contributed by atoms with Gasteiger partial charge in [-0.15, -0.1) is 0 Å². The van der Waals surface area contributed by atoms with Crippen LogP contribution in [-0.2, 0) is 18.1 Å². The highest BCUT2D eigenvalue weighted by Gasteiger charge is 2.07. The summed E-state index contributed by atoms with van der Waals surface area (Å²) >= 11 is 0. The van der Waals surface area contributed by atoms with Gasteiger partial charge in [-0.05, 0) is 23.3 Å². The minimum Gasteiger partial charge on any atom is -0.453 e. The Hall–Kier alpha value is -2.79. The van der Waals surface area contributed by atoms with Crippen molar-refractivity contribution in [2.75, 3.05) is 0 Å². The van der Waals surface area contributed by atoms with Gasteiger partial charge >= 0.3 is 0 Å². The molecular formula is C17H16N2O3. The molecule has 0 unspecified atom stereocenters. The van der Waals surface area contributed by atoms with Crippen LogP contribution in [0.15, 0.2) is 64.2 Å². The van der Waals surface area contributed by atoms with E-state index in [9.17, 15) is 0 Å². The number of nitrogens with two attached hydrogens (primary N) is 1. The van der Waals surface area contributed by atoms with Crippen molar-refractivity contribution in [3.63, 3.8) is 0 Å². The topological polar surface area (TPSA) is 81.0 Å². The van der Waals surface area contributed by atoms with E-state index in [0.717, 1.165) is 22.1 Å². The van der Waals surface area contributed by atoms with Crippen LogP contribution in [0.1, 0.15) is 16.9 Å². The number of oxime groups is 1. The molecule has 3 aromatic rings. The summed E-state index contributed by atoms with van der Waals surface area (Å²) in [4.78, 5) is 5.25. The lowest BCUT2D eigenvalue weighted by molar-refractivity contribution is 0.130. The average molecular weight is 296 g/mol. The largest absolute Gasteiger partial charge is 0.453 e. The summed E-state index contributed by atoms with van der Waals surface area (Å²) < 4.78 is 5.60. The standard InChI is InChI=1S/C17H16N2O3/c18-17(16-9-14-3-1-2-4-15(14)22-16)19-21-11-13-7-5-12(10-20)6-8-13/h1-9,20H,10-11H2,(H2,18,19). The molecule has 22 heavy (non-hydrogen) atoms. The van der Waals surface area contributed by atoms with E-state index in [1.165, 1.54) is 0 Å². The number of aliphatic hydroxyl groups is 1. The Balaban J connectivity index is 1.66. The van der Waals surface area contributed by atoms with Crippen LogP contribution >= 0.6 is 0 Å². The molecule has 3 N–H and O–H groups in total. The highest BCUT2D eigenvalue weighted by atomic mass is 16.6. The highest BCUT2D eigenvalue weighted by Crippen LogP contribution is 2.18. The summed E-state index contributed by atoms with van der Waals surface area (Å²) in [5, 5.41) is 13.8. The first-order chi connectivity index (χ1) is 10.8. The fourth-order valence-corrected chi connectivity index (χ4v) is 2.07. The smallest absolute Gasteiger partial charge is 0.206 e. The van der Waals surface area contributed by atoms with Crippen LogP contribution in [0.3, 0.4) is 0 Å². The molecule has 2 aromatic carbocycles. The van der Waals surface area contributed by atoms with E-state index in [1.54, 1.807) is 0 Å². The average Bonchev–Trinajstić information content (AvgIpc) is 2.99. The number of amidine groups is 1. The zero-order chi connectivity index (χ0) is 15.4. The Morgan fingerprint density at radius 3 is 2.55 bits per heavy atom. The first-order valence-electron chi connectivity index (χ1n) is 6.89. The van der Waals surface area contributed by atoms with E-state index >= 15 is 0 Å². The van der Waals surface area contributed by atoms with Crippen molar-refractivity contribution in [3.05, 3.63) is 71.5 Å². The van der Waals surface area contributed by atoms with E-state index in [1.807, 2.05) is 54.6 Å². The predicted molar refractivity (Wildman–Crippen MR) is 84.1 cm³/mol. The van der Waals surface area contributed by atoms with Crippen molar-refractivity contribution in [3.8, 4) is 0 Å². The summed E-state index contributed by atoms with van der Waals surface area (Å²) in [5.41, 5.74) is 8.42. The van der Waals surface area contributed by atoms with E-state index in [-0.39, 0.29) is 12.4 Å². The molecule has 0 amide bonds. The lowest BCUT2D eigenvalue weighted by atomic mass is 10.1. The van der Waals surface area contributed by atoms with Gasteiger partial charge in [0.1, 0.15) is 12.2 Å². The van der Waals surface area contributed by atoms with Crippen molar-refractivity contribution in [1.29, 1.82) is 0 Å². The van der Waals surface area contributed by atoms with E-state index in [4.69, 9.17) is 20.1 Å². The van der Waals surface area contributed by atoms with Crippen molar-refractivity contribution >= 4 is 16.8 Å². The fraction of sp³-hybridized carbons (Fsp3) is 0.118. The number of hydrogen-bond donors (Lipinski definition) is 2. The van der Waals surface area contributed by atoms with E-state index in [2.05, 4.69) is 5.16 Å². The molecule has 3 rings (SSSR count). The quantitative estimate of drug-likeness (QED) is 0.431. The Labute approximate surface area is 127 Å². The van der Waals surface area contributed by atoms with Crippen LogP contribution in [0, 0.1) is 0 Å². The number of rotatable bonds is 5. The van der Waals surface area contributed by atoms with Gasteiger partial charge in [0.2, 0.25) is 5.84 Å². The van der Waals surface area contributed by atoms with Crippen molar-refractivity contribution in [2.45, 2.75) is 13.2 Å². The number of hydrogen-bond acceptors (Lipinski definition) is 4. The molecule has 0 fully saturated rings. The van der Waals surface area contributed by atoms with Crippen LogP contribution < -0.4 is 5.73 Å². The van der Waals surface area contributed by atoms with Crippen LogP contribution in [0.25, 0.3) is 11.0 Å². The molecule has 0 saturated carbocycles. The maximum atomic E-state index is 8.98. The second-order valence-electron chi connectivity index (χ2n) is 4.87. The molecule has 5 nitrogen and oxygen atoms in total. The Bertz CT molecular complexity index is 758. The molecule has 0 spiro atoms. The molecule has 0 aliphatic carbocycles. The lowest BCUT2D eigenvalue weighted by Gasteiger charge is -2.02. The van der Waals surface area contributed by atoms with Crippen molar-refractivity contribution in [2.24, 2.45) is 10.9 Å². The number of furan rings is 1. The Morgan fingerprint density at radius 2 is 1.82 bits per heavy atom. The molecule has 112 valence electrons. The van der Waals surface area contributed by atoms with Gasteiger partial charge in [-0.1, -0.05) is 47.6 Å². The lowest BCUT2D eigenvalue weighted by Crippen LogP contribution is -2.12. The number of aliphatic hydroxyl groups excluding tert-OH is 1. The number of nitrogens with zero attached hydrogens (tertiary/aromatic N) is 1. The third kappa shape index (κ3) is 3.10. The second-order valence-corrected chi connectivity index (χ2v) is 4.87. The molecule has 5 heteroatoms. The van der Waals surface area contributed by atoms with Gasteiger partial charge in [-0.3, -0.25) is 0 Å². The molecule has 0 bridgehead atoms. The Kier molecular flexibility index (Phi) is 4.07. The van der Waals surface area contributed by atoms with Crippen LogP contribution in [0.5, 0.6) is 0 Å². The summed E-state index contributed by atoms with van der Waals surface area (Å²) in [5.74, 6) is 0.681. The first-order valence-corrected chi connectivity index (χ1v) is 6.89. The molecule has 0 saturated heterocycles. The van der Waals surface area contributed by atoms with Crippen LogP contribution in [0.2, 0.25) is 0 Å². The van der Waals surface area contributed by atoms with Crippen molar-refractivity contribution in [1.82, 2.24) is 0 Å². The molecule has 1 heterocycles. The minimum atomic E-state index is 0.0261. The third-order valence-electron chi connectivity index (χ3n) is 3.28. The molecule has 0 atom stereocenters. The van der Waals surface area contributed by atoms with Crippen LogP contribution in [0.4, 0.5) is 0 Å². The van der Waals surface area contributed by atoms with Gasteiger partial charge in [-0.2, -0.15) is 0 Å². The van der Waals surface area contributed by atoms with Gasteiger partial charge in [-0.25, -0.2) is 0 Å². The highest BCUT2D eigenvalue weighted by molar-refractivity contribution is 5.98. The summed E-state index contributed by atoms with van der Waals surface area (Å²) in [6, 6.07) is 16.9. The van der Waals surface area contributed by atoms with Gasteiger partial charge in [0.25, 0.3) is 0 Å². The molecule has 0 aliphatic rings. The minimum absolute atomic E-state index is 0.0261. The normalized spacial score (nSPS) is 11.8. The SMILES string of the molecule is N/C(=N/OCc1ccc(CO)cc1)c1cc2ccccc2o1. The Morgan fingerprint density at radius 1 is 1.09 bits per heavy atom. The van der Waals surface area contributed by atoms with Gasteiger partial charge < -0.3 is 20.1 Å². The number of benzene rings is 2. The zero-order valence-corrected chi connectivity index (χ0v) is 11.9. The number of para-hydroxylation sites is 1. The van der Waals surface area contributed by atoms with Gasteiger partial charge in [0.15, 0.2) is 5.76 Å². The molecule has 0 aliphatic heterocycles. The third-order valence-corrected chi connectivity index (χ3v) is 3.28. The second kappa shape index (κ2) is 6.32. The molecule has 1 aromatic heterocycles. The van der Waals surface area contributed by atoms with Crippen LogP contribution in [-0.4, -0.2) is 10.9 Å². The van der Waals surface area contributed by atoms with Crippen molar-refractivity contribution < 1.29 is 14.4 Å². The zero-order valence-electron chi connectivity index (χ0n) is 11.9. The fourth-order valence-electron chi connectivity index (χ4n) is 2.07. The number of fused-ring (bicyclic) bond motifs is 1. The molecule has 0 radical (unpaired) electrons. The van der Waals surface area contributed by atoms with Gasteiger partial charge in [0.05, 0.1) is 6.61 Å². The van der Waals surface area contributed by atoms with E-state index in [0.29, 0.717) is 12.4 Å². The molecular weight excluding hydrogens is 280 g/mol. The summed E-state index contributed by atoms with van der Waals surface area (Å²) in [6.07, 6.45) is 0. The maximum Gasteiger partial charge on any atom is 0.206 e. The summed E-state index contributed by atoms with van der Waals surface area (Å²) in [7, 11) is 0. The summed E-state index contributed by atoms with van der Waals surface area (Å²) in [6.45, 7) is 0.324. The van der Waals surface area contributed by atoms with E-state index < -0.39 is 0 Å². The first kappa shape index (κ1) is 14.2. The maximum absolute atomic E-state index is 8.98. The monoisotopic (exact) mass is 296 g/mol. The predicted octanol–water partition coefficient (Wildman–Crippen LogP) is 2.76.